The van der Waals surface area contributed by atoms with Gasteiger partial charge in [0.1, 0.15) is 6.04 Å². The quantitative estimate of drug-likeness (QED) is 0.544. The fourth-order valence-corrected chi connectivity index (χ4v) is 4.17. The third-order valence-electron chi connectivity index (χ3n) is 6.15. The predicted molar refractivity (Wildman–Crippen MR) is 130 cm³/mol. The van der Waals surface area contributed by atoms with E-state index in [1.165, 1.54) is 6.92 Å². The van der Waals surface area contributed by atoms with Gasteiger partial charge in [0, 0.05) is 18.7 Å². The molecule has 3 atom stereocenters. The number of likely N-dealkylation sites (tertiary alicyclic amines) is 1. The van der Waals surface area contributed by atoms with E-state index in [2.05, 4.69) is 24.1 Å². The van der Waals surface area contributed by atoms with E-state index in [9.17, 15) is 19.5 Å². The van der Waals surface area contributed by atoms with Gasteiger partial charge >= 0.3 is 5.97 Å². The van der Waals surface area contributed by atoms with Crippen molar-refractivity contribution in [3.63, 3.8) is 0 Å². The molecular weight excluding hydrogens is 406 g/mol. The summed E-state index contributed by atoms with van der Waals surface area (Å²) in [6, 6.07) is -1.06. The van der Waals surface area contributed by atoms with Gasteiger partial charge in [-0.2, -0.15) is 0 Å². The number of rotatable bonds is 8. The third-order valence-corrected chi connectivity index (χ3v) is 6.15. The first kappa shape index (κ1) is 30.1. The first-order chi connectivity index (χ1) is 14.2. The molecule has 1 saturated heterocycles. The fraction of sp³-hybridized carbons (Fsp3) is 0.800. The van der Waals surface area contributed by atoms with Crippen molar-refractivity contribution in [2.45, 2.75) is 106 Å². The highest BCUT2D eigenvalue weighted by atomic mass is 16.4. The lowest BCUT2D eigenvalue weighted by molar-refractivity contribution is -0.142. The van der Waals surface area contributed by atoms with E-state index in [4.69, 9.17) is 0 Å². The Balaban J connectivity index is 0.00000961. The Bertz CT molecular complexity index is 679. The second-order valence-corrected chi connectivity index (χ2v) is 10.5. The van der Waals surface area contributed by atoms with E-state index in [1.807, 2.05) is 34.6 Å². The van der Waals surface area contributed by atoms with Crippen LogP contribution in [-0.4, -0.2) is 70.4 Å². The molecule has 32 heavy (non-hydrogen) atoms. The normalized spacial score (nSPS) is 19.8. The van der Waals surface area contributed by atoms with Crippen molar-refractivity contribution in [1.82, 2.24) is 15.1 Å². The number of amides is 2. The summed E-state index contributed by atoms with van der Waals surface area (Å²) in [6.07, 6.45) is 4.50. The Morgan fingerprint density at radius 2 is 1.69 bits per heavy atom. The average molecular weight is 454 g/mol. The Kier molecular flexibility index (Phi) is 11.6. The molecular formula is C25H47N3O4. The van der Waals surface area contributed by atoms with Crippen LogP contribution in [0.2, 0.25) is 0 Å². The monoisotopic (exact) mass is 453 g/mol. The van der Waals surface area contributed by atoms with Crippen LogP contribution >= 0.6 is 0 Å². The summed E-state index contributed by atoms with van der Waals surface area (Å²) in [5.41, 5.74) is -0.296. The Labute approximate surface area is 195 Å². The van der Waals surface area contributed by atoms with E-state index in [0.717, 1.165) is 25.8 Å². The van der Waals surface area contributed by atoms with Crippen LogP contribution in [0.1, 0.15) is 82.1 Å². The maximum absolute atomic E-state index is 13.5. The van der Waals surface area contributed by atoms with Crippen LogP contribution < -0.4 is 5.32 Å². The molecule has 0 aliphatic carbocycles. The van der Waals surface area contributed by atoms with Crippen LogP contribution in [-0.2, 0) is 14.4 Å². The Morgan fingerprint density at radius 3 is 2.12 bits per heavy atom. The highest BCUT2D eigenvalue weighted by Gasteiger charge is 2.39. The number of carbonyl (C=O) groups excluding carboxylic acids is 2. The van der Waals surface area contributed by atoms with E-state index in [-0.39, 0.29) is 48.9 Å². The van der Waals surface area contributed by atoms with E-state index in [0.29, 0.717) is 0 Å². The van der Waals surface area contributed by atoms with Gasteiger partial charge in [0.25, 0.3) is 0 Å². The highest BCUT2D eigenvalue weighted by molar-refractivity contribution is 5.91. The first-order valence-corrected chi connectivity index (χ1v) is 11.4. The minimum absolute atomic E-state index is 0. The number of nitrogens with zero attached hydrogens (tertiary/aromatic N) is 2. The minimum atomic E-state index is -1.00. The zero-order chi connectivity index (χ0) is 24.1. The van der Waals surface area contributed by atoms with Gasteiger partial charge in [-0.05, 0) is 51.5 Å². The van der Waals surface area contributed by atoms with Gasteiger partial charge in [-0.15, -0.1) is 0 Å². The smallest absolute Gasteiger partial charge is 0.331 e. The van der Waals surface area contributed by atoms with Crippen molar-refractivity contribution in [3.8, 4) is 0 Å². The molecule has 2 amide bonds. The Morgan fingerprint density at radius 1 is 1.12 bits per heavy atom. The molecule has 0 bridgehead atoms. The van der Waals surface area contributed by atoms with Crippen molar-refractivity contribution in [3.05, 3.63) is 11.6 Å². The summed E-state index contributed by atoms with van der Waals surface area (Å²) in [7, 11) is 1.69. The van der Waals surface area contributed by atoms with Gasteiger partial charge in [0.05, 0.1) is 12.1 Å². The van der Waals surface area contributed by atoms with Crippen LogP contribution in [0.25, 0.3) is 0 Å². The van der Waals surface area contributed by atoms with Gasteiger partial charge in [-0.3, -0.25) is 14.5 Å². The Hall–Kier alpha value is -1.89. The molecule has 0 spiro atoms. The number of carbonyl (C=O) groups is 3. The lowest BCUT2D eigenvalue weighted by Crippen LogP contribution is -2.60. The molecule has 1 fully saturated rings. The number of hydrogen-bond donors (Lipinski definition) is 2. The summed E-state index contributed by atoms with van der Waals surface area (Å²) in [6.45, 7) is 16.3. The zero-order valence-corrected chi connectivity index (χ0v) is 20.9. The standard InChI is InChI=1S/C24H43N3O4.CH4/c1-15(2)19(14-17(5)23(30)31)26(9)22(29)20(24(6,7)8)25-21(28)18-12-10-11-13-27(18)16(3)4;/h14-16,18-20H,10-13H2,1-9H3,(H,25,28)(H,30,31);1H4/b17-14+;/t18-,19-,20-;/m1./s1. The maximum Gasteiger partial charge on any atom is 0.331 e. The number of likely N-dealkylation sites (N-methyl/N-ethyl adjacent to an activating group) is 1. The highest BCUT2D eigenvalue weighted by Crippen LogP contribution is 2.25. The fourth-order valence-electron chi connectivity index (χ4n) is 4.17. The molecule has 0 radical (unpaired) electrons. The van der Waals surface area contributed by atoms with Crippen LogP contribution in [0.15, 0.2) is 11.6 Å². The second-order valence-electron chi connectivity index (χ2n) is 10.5. The summed E-state index contributed by atoms with van der Waals surface area (Å²) in [5, 5.41) is 12.3. The molecule has 1 rings (SSSR count). The number of aliphatic carboxylic acids is 1. The number of carboxylic acids is 1. The topological polar surface area (TPSA) is 90.0 Å². The lowest BCUT2D eigenvalue weighted by Gasteiger charge is -2.41. The van der Waals surface area contributed by atoms with Crippen LogP contribution in [0.3, 0.4) is 0 Å². The van der Waals surface area contributed by atoms with Crippen molar-refractivity contribution < 1.29 is 19.5 Å². The lowest BCUT2D eigenvalue weighted by atomic mass is 9.84. The molecule has 0 aromatic carbocycles. The molecule has 7 nitrogen and oxygen atoms in total. The molecule has 7 heteroatoms. The first-order valence-electron chi connectivity index (χ1n) is 11.4. The van der Waals surface area contributed by atoms with Crippen LogP contribution in [0.4, 0.5) is 0 Å². The van der Waals surface area contributed by atoms with Gasteiger partial charge in [-0.25, -0.2) is 4.79 Å². The van der Waals surface area contributed by atoms with Crippen LogP contribution in [0.5, 0.6) is 0 Å². The van der Waals surface area contributed by atoms with Gasteiger partial charge in [0.2, 0.25) is 11.8 Å². The average Bonchev–Trinajstić information content (AvgIpc) is 2.67. The summed E-state index contributed by atoms with van der Waals surface area (Å²) in [5.74, 6) is -1.29. The second kappa shape index (κ2) is 12.4. The molecule has 1 aliphatic rings. The van der Waals surface area contributed by atoms with Gasteiger partial charge < -0.3 is 15.3 Å². The number of nitrogens with one attached hydrogen (secondary N) is 1. The molecule has 0 unspecified atom stereocenters. The number of hydrogen-bond acceptors (Lipinski definition) is 4. The zero-order valence-electron chi connectivity index (χ0n) is 20.9. The van der Waals surface area contributed by atoms with Gasteiger partial charge in [-0.1, -0.05) is 54.5 Å². The predicted octanol–water partition coefficient (Wildman–Crippen LogP) is 3.93. The third kappa shape index (κ3) is 7.91. The molecule has 1 aliphatic heterocycles. The summed E-state index contributed by atoms with van der Waals surface area (Å²) < 4.78 is 0. The van der Waals surface area contributed by atoms with Crippen molar-refractivity contribution in [2.24, 2.45) is 11.3 Å². The number of carboxylic acid groups (broad SMARTS) is 1. The molecule has 0 aromatic heterocycles. The van der Waals surface area contributed by atoms with E-state index >= 15 is 0 Å². The van der Waals surface area contributed by atoms with E-state index < -0.39 is 17.4 Å². The van der Waals surface area contributed by atoms with Gasteiger partial charge in [0.15, 0.2) is 0 Å². The molecule has 0 saturated carbocycles. The van der Waals surface area contributed by atoms with Crippen molar-refractivity contribution in [2.75, 3.05) is 13.6 Å². The minimum Gasteiger partial charge on any atom is -0.478 e. The van der Waals surface area contributed by atoms with Crippen LogP contribution in [0, 0.1) is 11.3 Å². The van der Waals surface area contributed by atoms with Crippen molar-refractivity contribution >= 4 is 17.8 Å². The molecule has 1 heterocycles. The maximum atomic E-state index is 13.5. The largest absolute Gasteiger partial charge is 0.478 e. The molecule has 186 valence electrons. The summed E-state index contributed by atoms with van der Waals surface area (Å²) >= 11 is 0. The molecule has 0 aromatic rings. The van der Waals surface area contributed by atoms with E-state index in [1.54, 1.807) is 18.0 Å². The SMILES string of the molecule is C.C/C(=C\[C@H](C(C)C)N(C)C(=O)[C@@H](NC(=O)[C@H]1CCCCN1C(C)C)C(C)(C)C)C(=O)O. The number of piperidine rings is 1. The molecule has 2 N–H and O–H groups in total. The summed E-state index contributed by atoms with van der Waals surface area (Å²) in [4.78, 5) is 41.9. The van der Waals surface area contributed by atoms with Crippen molar-refractivity contribution in [1.29, 1.82) is 0 Å².